The van der Waals surface area contributed by atoms with Gasteiger partial charge in [-0.25, -0.2) is 0 Å². The minimum atomic E-state index is -4.41. The maximum atomic E-state index is 12.7. The molecule has 0 aliphatic heterocycles. The van der Waals surface area contributed by atoms with Crippen LogP contribution in [0.4, 0.5) is 18.9 Å². The van der Waals surface area contributed by atoms with E-state index in [4.69, 9.17) is 11.6 Å². The first kappa shape index (κ1) is 14.3. The van der Waals surface area contributed by atoms with Gasteiger partial charge < -0.3 is 5.32 Å². The molecule has 0 aliphatic rings. The van der Waals surface area contributed by atoms with Crippen molar-refractivity contribution < 1.29 is 13.2 Å². The van der Waals surface area contributed by atoms with Crippen LogP contribution in [0.25, 0.3) is 0 Å². The lowest BCUT2D eigenvalue weighted by molar-refractivity contribution is -0.137. The van der Waals surface area contributed by atoms with Crippen LogP contribution in [0.2, 0.25) is 5.02 Å². The van der Waals surface area contributed by atoms with Gasteiger partial charge in [0.25, 0.3) is 0 Å². The summed E-state index contributed by atoms with van der Waals surface area (Å²) in [7, 11) is 0. The van der Waals surface area contributed by atoms with Crippen molar-refractivity contribution in [3.63, 3.8) is 0 Å². The second-order valence-corrected chi connectivity index (χ2v) is 4.36. The van der Waals surface area contributed by atoms with Crippen molar-refractivity contribution in [3.8, 4) is 12.0 Å². The van der Waals surface area contributed by atoms with Gasteiger partial charge in [-0.15, -0.1) is 0 Å². The Morgan fingerprint density at radius 3 is 2.25 bits per heavy atom. The molecule has 2 aromatic carbocycles. The van der Waals surface area contributed by atoms with Crippen LogP contribution >= 0.6 is 11.6 Å². The van der Waals surface area contributed by atoms with Gasteiger partial charge in [0.2, 0.25) is 0 Å². The van der Waals surface area contributed by atoms with Crippen molar-refractivity contribution in [1.82, 2.24) is 0 Å². The van der Waals surface area contributed by atoms with Crippen LogP contribution in [0.3, 0.4) is 0 Å². The predicted octanol–water partition coefficient (Wildman–Crippen LogP) is 4.78. The topological polar surface area (TPSA) is 12.0 Å². The molecule has 2 aromatic rings. The van der Waals surface area contributed by atoms with Crippen molar-refractivity contribution in [2.24, 2.45) is 0 Å². The van der Waals surface area contributed by atoms with E-state index >= 15 is 0 Å². The highest BCUT2D eigenvalue weighted by atomic mass is 35.5. The molecule has 0 aliphatic carbocycles. The summed E-state index contributed by atoms with van der Waals surface area (Å²) < 4.78 is 38.2. The Kier molecular flexibility index (Phi) is 4.21. The van der Waals surface area contributed by atoms with E-state index in [9.17, 15) is 13.2 Å². The molecule has 0 saturated heterocycles. The van der Waals surface area contributed by atoms with E-state index in [2.05, 4.69) is 17.3 Å². The highest BCUT2D eigenvalue weighted by molar-refractivity contribution is 6.30. The normalized spacial score (nSPS) is 10.6. The highest BCUT2D eigenvalue weighted by Crippen LogP contribution is 2.31. The molecule has 0 aromatic heterocycles. The van der Waals surface area contributed by atoms with E-state index < -0.39 is 11.7 Å². The van der Waals surface area contributed by atoms with Gasteiger partial charge >= 0.3 is 6.18 Å². The zero-order chi connectivity index (χ0) is 14.6. The third-order valence-electron chi connectivity index (χ3n) is 2.48. The lowest BCUT2D eigenvalue weighted by Gasteiger charge is -2.08. The predicted molar refractivity (Wildman–Crippen MR) is 73.4 cm³/mol. The van der Waals surface area contributed by atoms with Gasteiger partial charge in [-0.1, -0.05) is 23.7 Å². The summed E-state index contributed by atoms with van der Waals surface area (Å²) in [6.07, 6.45) is -4.41. The van der Waals surface area contributed by atoms with Gasteiger partial charge in [0.05, 0.1) is 5.56 Å². The van der Waals surface area contributed by atoms with Crippen molar-refractivity contribution in [1.29, 1.82) is 0 Å². The first-order chi connectivity index (χ1) is 9.47. The molecule has 0 amide bonds. The Morgan fingerprint density at radius 2 is 1.60 bits per heavy atom. The molecule has 0 unspecified atom stereocenters. The lowest BCUT2D eigenvalue weighted by atomic mass is 10.1. The van der Waals surface area contributed by atoms with E-state index in [-0.39, 0.29) is 5.56 Å². The third kappa shape index (κ3) is 3.69. The average Bonchev–Trinajstić information content (AvgIpc) is 2.40. The molecule has 20 heavy (non-hydrogen) atoms. The molecule has 0 atom stereocenters. The number of hydrogen-bond acceptors (Lipinski definition) is 1. The second kappa shape index (κ2) is 5.89. The van der Waals surface area contributed by atoms with Crippen LogP contribution in [0.5, 0.6) is 0 Å². The first-order valence-corrected chi connectivity index (χ1v) is 6.03. The maximum absolute atomic E-state index is 12.7. The Bertz CT molecular complexity index is 651. The van der Waals surface area contributed by atoms with E-state index in [1.807, 2.05) is 0 Å². The van der Waals surface area contributed by atoms with Crippen molar-refractivity contribution in [2.45, 2.75) is 6.18 Å². The summed E-state index contributed by atoms with van der Waals surface area (Å²) in [5, 5.41) is 3.29. The molecule has 0 saturated carbocycles. The van der Waals surface area contributed by atoms with Gasteiger partial charge in [0, 0.05) is 22.3 Å². The summed E-state index contributed by atoms with van der Waals surface area (Å²) in [5.74, 6) is 2.47. The van der Waals surface area contributed by atoms with Crippen molar-refractivity contribution in [3.05, 3.63) is 64.7 Å². The summed E-state index contributed by atoms with van der Waals surface area (Å²) in [4.78, 5) is 0. The smallest absolute Gasteiger partial charge is 0.315 e. The standard InChI is InChI=1S/C15H9ClF3N/c16-12-5-7-13(8-6-12)20-10-9-11-3-1-2-4-14(11)15(17,18)19/h1-8,20H. The molecule has 1 nitrogen and oxygen atoms in total. The van der Waals surface area contributed by atoms with E-state index in [1.54, 1.807) is 24.3 Å². The average molecular weight is 296 g/mol. The fraction of sp³-hybridized carbons (Fsp3) is 0.0667. The molecule has 0 spiro atoms. The zero-order valence-corrected chi connectivity index (χ0v) is 10.9. The molecule has 2 rings (SSSR count). The molecule has 102 valence electrons. The van der Waals surface area contributed by atoms with Crippen LogP contribution in [-0.2, 0) is 6.18 Å². The fourth-order valence-electron chi connectivity index (χ4n) is 1.54. The number of nitrogens with one attached hydrogen (secondary N) is 1. The molecule has 0 fully saturated rings. The Labute approximate surface area is 119 Å². The Balaban J connectivity index is 2.19. The number of rotatable bonds is 1. The summed E-state index contributed by atoms with van der Waals surface area (Å²) >= 11 is 5.72. The Hall–Kier alpha value is -2.12. The minimum absolute atomic E-state index is 0.0681. The third-order valence-corrected chi connectivity index (χ3v) is 2.73. The molecule has 0 bridgehead atoms. The van der Waals surface area contributed by atoms with Gasteiger partial charge in [0.15, 0.2) is 0 Å². The monoisotopic (exact) mass is 295 g/mol. The number of anilines is 1. The lowest BCUT2D eigenvalue weighted by Crippen LogP contribution is -2.07. The van der Waals surface area contributed by atoms with E-state index in [0.29, 0.717) is 10.7 Å². The van der Waals surface area contributed by atoms with Gasteiger partial charge in [-0.3, -0.25) is 0 Å². The first-order valence-electron chi connectivity index (χ1n) is 5.65. The summed E-state index contributed by atoms with van der Waals surface area (Å²) in [5.41, 5.74) is -0.154. The van der Waals surface area contributed by atoms with E-state index in [0.717, 1.165) is 6.07 Å². The zero-order valence-electron chi connectivity index (χ0n) is 10.1. The van der Waals surface area contributed by atoms with Crippen LogP contribution in [-0.4, -0.2) is 0 Å². The van der Waals surface area contributed by atoms with Crippen LogP contribution in [0.15, 0.2) is 48.5 Å². The van der Waals surface area contributed by atoms with E-state index in [1.165, 1.54) is 18.2 Å². The number of halogens is 4. The second-order valence-electron chi connectivity index (χ2n) is 3.93. The van der Waals surface area contributed by atoms with Crippen molar-refractivity contribution >= 4 is 17.3 Å². The molecule has 0 heterocycles. The summed E-state index contributed by atoms with van der Waals surface area (Å²) in [6, 6.07) is 14.4. The highest BCUT2D eigenvalue weighted by Gasteiger charge is 2.32. The minimum Gasteiger partial charge on any atom is -0.315 e. The quantitative estimate of drug-likeness (QED) is 0.590. The fourth-order valence-corrected chi connectivity index (χ4v) is 1.67. The van der Waals surface area contributed by atoms with Crippen molar-refractivity contribution in [2.75, 3.05) is 5.32 Å². The molecular formula is C15H9ClF3N. The maximum Gasteiger partial charge on any atom is 0.417 e. The number of hydrogen-bond donors (Lipinski definition) is 1. The SMILES string of the molecule is FC(F)(F)c1ccccc1C#CNc1ccc(Cl)cc1. The van der Waals surface area contributed by atoms with Crippen LogP contribution in [0.1, 0.15) is 11.1 Å². The summed E-state index contributed by atoms with van der Waals surface area (Å²) in [6.45, 7) is 0. The molecule has 5 heteroatoms. The van der Waals surface area contributed by atoms with Gasteiger partial charge in [0.1, 0.15) is 0 Å². The molecular weight excluding hydrogens is 287 g/mol. The van der Waals surface area contributed by atoms with Crippen LogP contribution < -0.4 is 5.32 Å². The molecule has 0 radical (unpaired) electrons. The number of benzene rings is 2. The van der Waals surface area contributed by atoms with Gasteiger partial charge in [-0.2, -0.15) is 13.2 Å². The number of alkyl halides is 3. The van der Waals surface area contributed by atoms with Gasteiger partial charge in [-0.05, 0) is 42.3 Å². The largest absolute Gasteiger partial charge is 0.417 e. The Morgan fingerprint density at radius 1 is 0.950 bits per heavy atom. The van der Waals surface area contributed by atoms with Crippen LogP contribution in [0, 0.1) is 12.0 Å². The molecule has 1 N–H and O–H groups in total.